The van der Waals surface area contributed by atoms with E-state index in [9.17, 15) is 9.59 Å². The van der Waals surface area contributed by atoms with Crippen LogP contribution in [-0.4, -0.2) is 24.7 Å². The Morgan fingerprint density at radius 2 is 1.77 bits per heavy atom. The van der Waals surface area contributed by atoms with Crippen LogP contribution in [0.25, 0.3) is 0 Å². The number of carbonyl (C=O) groups is 2. The Balaban J connectivity index is 1.94. The van der Waals surface area contributed by atoms with E-state index in [4.69, 9.17) is 4.74 Å². The SMILES string of the molecule is CSc1ccccc1C(=O)OCC(=O)Nc1ccccc1C. The summed E-state index contributed by atoms with van der Waals surface area (Å²) in [7, 11) is 0. The largest absolute Gasteiger partial charge is 0.452 e. The second kappa shape index (κ2) is 7.66. The van der Waals surface area contributed by atoms with E-state index >= 15 is 0 Å². The molecule has 22 heavy (non-hydrogen) atoms. The molecule has 1 N–H and O–H groups in total. The highest BCUT2D eigenvalue weighted by Gasteiger charge is 2.14. The number of benzene rings is 2. The van der Waals surface area contributed by atoms with Crippen molar-refractivity contribution in [3.8, 4) is 0 Å². The number of thioether (sulfide) groups is 1. The number of aryl methyl sites for hydroxylation is 1. The molecule has 2 aromatic rings. The Bertz CT molecular complexity index is 685. The molecular formula is C17H17NO3S. The molecule has 0 unspecified atom stereocenters. The molecule has 2 rings (SSSR count). The van der Waals surface area contributed by atoms with Gasteiger partial charge in [-0.05, 0) is 36.9 Å². The van der Waals surface area contributed by atoms with Gasteiger partial charge < -0.3 is 10.1 Å². The summed E-state index contributed by atoms with van der Waals surface area (Å²) in [5.74, 6) is -0.853. The summed E-state index contributed by atoms with van der Waals surface area (Å²) in [6.45, 7) is 1.59. The van der Waals surface area contributed by atoms with Gasteiger partial charge >= 0.3 is 5.97 Å². The van der Waals surface area contributed by atoms with Crippen molar-refractivity contribution in [2.24, 2.45) is 0 Å². The van der Waals surface area contributed by atoms with E-state index in [2.05, 4.69) is 5.32 Å². The van der Waals surface area contributed by atoms with Crippen LogP contribution < -0.4 is 5.32 Å². The average molecular weight is 315 g/mol. The summed E-state index contributed by atoms with van der Waals surface area (Å²) in [5.41, 5.74) is 2.14. The third-order valence-corrected chi connectivity index (χ3v) is 3.88. The first-order valence-corrected chi connectivity index (χ1v) is 8.00. The van der Waals surface area contributed by atoms with Gasteiger partial charge in [0.05, 0.1) is 5.56 Å². The highest BCUT2D eigenvalue weighted by atomic mass is 32.2. The molecule has 0 aliphatic rings. The molecular weight excluding hydrogens is 298 g/mol. The van der Waals surface area contributed by atoms with Gasteiger partial charge in [0.15, 0.2) is 6.61 Å². The average Bonchev–Trinajstić information content (AvgIpc) is 2.54. The molecule has 0 saturated heterocycles. The van der Waals surface area contributed by atoms with Gasteiger partial charge in [0.1, 0.15) is 0 Å². The lowest BCUT2D eigenvalue weighted by atomic mass is 10.2. The Hall–Kier alpha value is -2.27. The van der Waals surface area contributed by atoms with Crippen LogP contribution in [0.5, 0.6) is 0 Å². The maximum absolute atomic E-state index is 12.0. The van der Waals surface area contributed by atoms with Gasteiger partial charge in [0.2, 0.25) is 0 Å². The van der Waals surface area contributed by atoms with Crippen LogP contribution in [0.2, 0.25) is 0 Å². The number of nitrogens with one attached hydrogen (secondary N) is 1. The van der Waals surface area contributed by atoms with Gasteiger partial charge in [-0.25, -0.2) is 4.79 Å². The summed E-state index contributed by atoms with van der Waals surface area (Å²) < 4.78 is 5.08. The first kappa shape index (κ1) is 16.1. The topological polar surface area (TPSA) is 55.4 Å². The van der Waals surface area contributed by atoms with E-state index in [1.54, 1.807) is 18.2 Å². The van der Waals surface area contributed by atoms with Crippen molar-refractivity contribution >= 4 is 29.3 Å². The third kappa shape index (κ3) is 4.11. The number of para-hydroxylation sites is 1. The standard InChI is InChI=1S/C17H17NO3S/c1-12-7-3-5-9-14(12)18-16(19)11-21-17(20)13-8-4-6-10-15(13)22-2/h3-10H,11H2,1-2H3,(H,18,19). The number of hydrogen-bond acceptors (Lipinski definition) is 4. The maximum atomic E-state index is 12.0. The Kier molecular flexibility index (Phi) is 5.61. The lowest BCUT2D eigenvalue weighted by Crippen LogP contribution is -2.21. The molecule has 1 amide bonds. The smallest absolute Gasteiger partial charge is 0.339 e. The van der Waals surface area contributed by atoms with Crippen molar-refractivity contribution in [2.75, 3.05) is 18.2 Å². The van der Waals surface area contributed by atoms with Gasteiger partial charge in [-0.2, -0.15) is 0 Å². The fourth-order valence-electron chi connectivity index (χ4n) is 1.92. The number of rotatable bonds is 5. The summed E-state index contributed by atoms with van der Waals surface area (Å²) in [4.78, 5) is 24.7. The van der Waals surface area contributed by atoms with E-state index in [-0.39, 0.29) is 12.5 Å². The van der Waals surface area contributed by atoms with Crippen molar-refractivity contribution in [1.29, 1.82) is 0 Å². The predicted octanol–water partition coefficient (Wildman–Crippen LogP) is 3.51. The number of ether oxygens (including phenoxy) is 1. The minimum Gasteiger partial charge on any atom is -0.452 e. The van der Waals surface area contributed by atoms with Crippen LogP contribution in [-0.2, 0) is 9.53 Å². The van der Waals surface area contributed by atoms with Crippen LogP contribution in [0.3, 0.4) is 0 Å². The minimum atomic E-state index is -0.495. The Morgan fingerprint density at radius 1 is 1.09 bits per heavy atom. The lowest BCUT2D eigenvalue weighted by Gasteiger charge is -2.10. The van der Waals surface area contributed by atoms with Crippen LogP contribution in [0.15, 0.2) is 53.4 Å². The quantitative estimate of drug-likeness (QED) is 0.677. The number of anilines is 1. The first-order valence-electron chi connectivity index (χ1n) is 6.77. The van der Waals surface area contributed by atoms with Gasteiger partial charge in [-0.15, -0.1) is 11.8 Å². The van der Waals surface area contributed by atoms with Gasteiger partial charge in [0, 0.05) is 10.6 Å². The molecule has 4 nitrogen and oxygen atoms in total. The maximum Gasteiger partial charge on any atom is 0.339 e. The van der Waals surface area contributed by atoms with E-state index in [0.29, 0.717) is 11.3 Å². The fourth-order valence-corrected chi connectivity index (χ4v) is 2.51. The number of esters is 1. The summed E-state index contributed by atoms with van der Waals surface area (Å²) in [5, 5.41) is 2.72. The molecule has 0 saturated carbocycles. The van der Waals surface area contributed by atoms with Crippen molar-refractivity contribution in [1.82, 2.24) is 0 Å². The molecule has 0 bridgehead atoms. The first-order chi connectivity index (χ1) is 10.6. The predicted molar refractivity (Wildman–Crippen MR) is 88.3 cm³/mol. The zero-order valence-electron chi connectivity index (χ0n) is 12.5. The fraction of sp³-hybridized carbons (Fsp3) is 0.176. The molecule has 5 heteroatoms. The molecule has 0 radical (unpaired) electrons. The normalized spacial score (nSPS) is 10.1. The zero-order chi connectivity index (χ0) is 15.9. The summed E-state index contributed by atoms with van der Waals surface area (Å²) in [6, 6.07) is 14.6. The van der Waals surface area contributed by atoms with Crippen LogP contribution in [0, 0.1) is 6.92 Å². The van der Waals surface area contributed by atoms with Crippen molar-refractivity contribution < 1.29 is 14.3 Å². The van der Waals surface area contributed by atoms with Crippen LogP contribution >= 0.6 is 11.8 Å². The number of amides is 1. The Morgan fingerprint density at radius 3 is 2.50 bits per heavy atom. The summed E-state index contributed by atoms with van der Waals surface area (Å²) in [6.07, 6.45) is 1.89. The van der Waals surface area contributed by atoms with Crippen molar-refractivity contribution in [3.05, 3.63) is 59.7 Å². The molecule has 0 heterocycles. The van der Waals surface area contributed by atoms with E-state index < -0.39 is 5.97 Å². The van der Waals surface area contributed by atoms with Crippen molar-refractivity contribution in [2.45, 2.75) is 11.8 Å². The lowest BCUT2D eigenvalue weighted by molar-refractivity contribution is -0.119. The van der Waals surface area contributed by atoms with Crippen LogP contribution in [0.4, 0.5) is 5.69 Å². The minimum absolute atomic E-state index is 0.310. The number of carbonyl (C=O) groups excluding carboxylic acids is 2. The zero-order valence-corrected chi connectivity index (χ0v) is 13.3. The van der Waals surface area contributed by atoms with E-state index in [0.717, 1.165) is 10.5 Å². The van der Waals surface area contributed by atoms with E-state index in [1.165, 1.54) is 11.8 Å². The molecule has 0 aromatic heterocycles. The monoisotopic (exact) mass is 315 g/mol. The van der Waals surface area contributed by atoms with E-state index in [1.807, 2.05) is 43.5 Å². The van der Waals surface area contributed by atoms with Crippen molar-refractivity contribution in [3.63, 3.8) is 0 Å². The molecule has 0 spiro atoms. The molecule has 0 aliphatic carbocycles. The second-order valence-electron chi connectivity index (χ2n) is 4.64. The highest BCUT2D eigenvalue weighted by molar-refractivity contribution is 7.98. The van der Waals surface area contributed by atoms with Gasteiger partial charge in [0.25, 0.3) is 5.91 Å². The van der Waals surface area contributed by atoms with Crippen LogP contribution in [0.1, 0.15) is 15.9 Å². The highest BCUT2D eigenvalue weighted by Crippen LogP contribution is 2.20. The summed E-state index contributed by atoms with van der Waals surface area (Å²) >= 11 is 1.46. The molecule has 2 aromatic carbocycles. The van der Waals surface area contributed by atoms with Gasteiger partial charge in [-0.1, -0.05) is 30.3 Å². The second-order valence-corrected chi connectivity index (χ2v) is 5.49. The molecule has 0 atom stereocenters. The third-order valence-electron chi connectivity index (χ3n) is 3.08. The Labute approximate surface area is 133 Å². The van der Waals surface area contributed by atoms with Gasteiger partial charge in [-0.3, -0.25) is 4.79 Å². The number of hydrogen-bond donors (Lipinski definition) is 1. The molecule has 0 fully saturated rings. The molecule has 0 aliphatic heterocycles. The molecule has 114 valence electrons.